The van der Waals surface area contributed by atoms with Gasteiger partial charge in [0.2, 0.25) is 5.91 Å². The van der Waals surface area contributed by atoms with E-state index >= 15 is 0 Å². The van der Waals surface area contributed by atoms with Gasteiger partial charge in [-0.25, -0.2) is 0 Å². The number of aliphatic hydroxyl groups excluding tert-OH is 1. The van der Waals surface area contributed by atoms with E-state index in [0.717, 1.165) is 65.9 Å². The van der Waals surface area contributed by atoms with Crippen LogP contribution >= 0.6 is 0 Å². The number of carbonyl (C=O) groups is 2. The zero-order valence-corrected chi connectivity index (χ0v) is 25.9. The van der Waals surface area contributed by atoms with Gasteiger partial charge in [0, 0.05) is 57.4 Å². The Morgan fingerprint density at radius 2 is 1.57 bits per heavy atom. The summed E-state index contributed by atoms with van der Waals surface area (Å²) in [6, 6.07) is 24.0. The predicted octanol–water partition coefficient (Wildman–Crippen LogP) is 4.71. The summed E-state index contributed by atoms with van der Waals surface area (Å²) in [6.45, 7) is 4.18. The molecule has 244 valence electrons. The number of likely N-dealkylation sites (tertiary alicyclic amines) is 1. The van der Waals surface area contributed by atoms with Gasteiger partial charge in [0.1, 0.15) is 0 Å². The van der Waals surface area contributed by atoms with Gasteiger partial charge >= 0.3 is 5.97 Å². The lowest BCUT2D eigenvalue weighted by atomic mass is 9.97. The van der Waals surface area contributed by atoms with Crippen molar-refractivity contribution in [2.24, 2.45) is 0 Å². The molecule has 0 aromatic heterocycles. The first-order chi connectivity index (χ1) is 22.4. The van der Waals surface area contributed by atoms with Gasteiger partial charge in [-0.3, -0.25) is 9.59 Å². The Bertz CT molecular complexity index is 1480. The lowest BCUT2D eigenvalue weighted by molar-refractivity contribution is -0.255. The molecular formula is C36H42N2O8. The summed E-state index contributed by atoms with van der Waals surface area (Å²) >= 11 is 0. The fourth-order valence-corrected chi connectivity index (χ4v) is 6.42. The minimum absolute atomic E-state index is 0.00483. The average molecular weight is 631 g/mol. The summed E-state index contributed by atoms with van der Waals surface area (Å²) in [5, 5.41) is 21.2. The summed E-state index contributed by atoms with van der Waals surface area (Å²) in [7, 11) is 0. The lowest BCUT2D eigenvalue weighted by Crippen LogP contribution is -2.48. The summed E-state index contributed by atoms with van der Waals surface area (Å²) in [5.41, 5.74) is 5.72. The zero-order chi connectivity index (χ0) is 31.9. The second-order valence-corrected chi connectivity index (χ2v) is 12.3. The molecule has 0 saturated carbocycles. The van der Waals surface area contributed by atoms with Crippen molar-refractivity contribution in [1.82, 2.24) is 10.2 Å². The second kappa shape index (κ2) is 14.8. The van der Waals surface area contributed by atoms with Gasteiger partial charge in [-0.15, -0.1) is 0 Å². The topological polar surface area (TPSA) is 127 Å². The van der Waals surface area contributed by atoms with E-state index in [4.69, 9.17) is 24.1 Å². The van der Waals surface area contributed by atoms with Crippen molar-refractivity contribution in [3.63, 3.8) is 0 Å². The lowest BCUT2D eigenvalue weighted by Gasteiger charge is -2.41. The quantitative estimate of drug-likeness (QED) is 0.276. The Hall–Kier alpha value is -3.64. The minimum Gasteiger partial charge on any atom is -0.481 e. The highest BCUT2D eigenvalue weighted by atomic mass is 16.7. The third-order valence-electron chi connectivity index (χ3n) is 8.98. The van der Waals surface area contributed by atoms with E-state index < -0.39 is 18.0 Å². The van der Waals surface area contributed by atoms with E-state index in [1.54, 1.807) is 0 Å². The van der Waals surface area contributed by atoms with Gasteiger partial charge < -0.3 is 39.4 Å². The monoisotopic (exact) mass is 630 g/mol. The maximum Gasteiger partial charge on any atom is 0.303 e. The Morgan fingerprint density at radius 1 is 0.848 bits per heavy atom. The summed E-state index contributed by atoms with van der Waals surface area (Å²) in [6.07, 6.45) is 1.36. The number of benzene rings is 3. The Labute approximate surface area is 269 Å². The fourth-order valence-electron chi connectivity index (χ4n) is 6.42. The summed E-state index contributed by atoms with van der Waals surface area (Å²) in [5.74, 6) is -1.70. The van der Waals surface area contributed by atoms with Gasteiger partial charge in [0.05, 0.1) is 38.4 Å². The third kappa shape index (κ3) is 8.19. The molecule has 3 N–H and O–H groups in total. The summed E-state index contributed by atoms with van der Waals surface area (Å²) < 4.78 is 25.1. The largest absolute Gasteiger partial charge is 0.481 e. The zero-order valence-electron chi connectivity index (χ0n) is 25.9. The number of nitrogens with one attached hydrogen (secondary N) is 1. The van der Waals surface area contributed by atoms with Crippen LogP contribution < -0.4 is 5.32 Å². The van der Waals surface area contributed by atoms with Crippen molar-refractivity contribution in [1.29, 1.82) is 0 Å². The van der Waals surface area contributed by atoms with Gasteiger partial charge in [0.25, 0.3) is 0 Å². The van der Waals surface area contributed by atoms with Gasteiger partial charge in [-0.1, -0.05) is 60.7 Å². The summed E-state index contributed by atoms with van der Waals surface area (Å²) in [4.78, 5) is 25.2. The van der Waals surface area contributed by atoms with Crippen molar-refractivity contribution < 1.29 is 38.7 Å². The van der Waals surface area contributed by atoms with Crippen LogP contribution in [0.1, 0.15) is 66.8 Å². The first-order valence-corrected chi connectivity index (χ1v) is 16.1. The maximum absolute atomic E-state index is 12.0. The highest BCUT2D eigenvalue weighted by molar-refractivity contribution is 5.80. The number of hydrogen-bond donors (Lipinski definition) is 3. The number of carbonyl (C=O) groups excluding carboxylic acids is 1. The molecule has 3 aliphatic heterocycles. The van der Waals surface area contributed by atoms with E-state index in [2.05, 4.69) is 16.3 Å². The van der Waals surface area contributed by atoms with Crippen LogP contribution in [-0.4, -0.2) is 71.7 Å². The number of carboxylic acids is 1. The van der Waals surface area contributed by atoms with Crippen molar-refractivity contribution in [2.75, 3.05) is 32.8 Å². The number of carboxylic acid groups (broad SMARTS) is 1. The maximum atomic E-state index is 12.0. The standard InChI is InChI=1S/C36H42N2O8/c39-24-25-7-9-27(10-8-25)32-21-31(23-38-15-13-36(14-16-38)43-17-18-44-36)45-35(46-32)30-6-2-5-29(20-30)28-4-1-3-26(19-28)22-37-33(40)11-12-34(41)42/h1-10,19-20,31-32,35,39H,11-18,21-24H2,(H,37,40)(H,41,42)/t31-,32+,35+/m1/s1. The highest BCUT2D eigenvalue weighted by Gasteiger charge is 2.41. The molecule has 0 radical (unpaired) electrons. The van der Waals surface area contributed by atoms with E-state index in [9.17, 15) is 14.7 Å². The van der Waals surface area contributed by atoms with Crippen LogP contribution in [0.2, 0.25) is 0 Å². The molecule has 3 aromatic rings. The number of aliphatic carboxylic acids is 1. The first kappa shape index (κ1) is 32.3. The Balaban J connectivity index is 1.17. The van der Waals surface area contributed by atoms with Crippen LogP contribution in [0.4, 0.5) is 0 Å². The molecule has 3 aliphatic rings. The second-order valence-electron chi connectivity index (χ2n) is 12.3. The van der Waals surface area contributed by atoms with Crippen LogP contribution in [0.5, 0.6) is 0 Å². The number of piperidine rings is 1. The molecule has 6 rings (SSSR count). The molecule has 3 atom stereocenters. The molecule has 10 heteroatoms. The molecule has 3 saturated heterocycles. The molecule has 0 unspecified atom stereocenters. The van der Waals surface area contributed by atoms with Gasteiger partial charge in [0.15, 0.2) is 12.1 Å². The minimum atomic E-state index is -0.992. The molecule has 3 heterocycles. The van der Waals surface area contributed by atoms with Gasteiger partial charge in [-0.2, -0.15) is 0 Å². The van der Waals surface area contributed by atoms with Crippen LogP contribution in [0.15, 0.2) is 72.8 Å². The number of amides is 1. The number of ether oxygens (including phenoxy) is 4. The highest BCUT2D eigenvalue weighted by Crippen LogP contribution is 2.40. The molecule has 46 heavy (non-hydrogen) atoms. The molecule has 1 amide bonds. The number of aliphatic hydroxyl groups is 1. The van der Waals surface area contributed by atoms with Crippen molar-refractivity contribution >= 4 is 11.9 Å². The van der Waals surface area contributed by atoms with Crippen LogP contribution in [0.3, 0.4) is 0 Å². The van der Waals surface area contributed by atoms with Crippen LogP contribution in [0, 0.1) is 0 Å². The molecule has 3 aromatic carbocycles. The van der Waals surface area contributed by atoms with E-state index in [-0.39, 0.29) is 37.6 Å². The van der Waals surface area contributed by atoms with E-state index in [0.29, 0.717) is 26.2 Å². The Morgan fingerprint density at radius 3 is 2.28 bits per heavy atom. The molecule has 10 nitrogen and oxygen atoms in total. The normalized spacial score (nSPS) is 22.9. The molecular weight excluding hydrogens is 588 g/mol. The van der Waals surface area contributed by atoms with E-state index in [1.807, 2.05) is 66.7 Å². The number of rotatable bonds is 11. The molecule has 0 aliphatic carbocycles. The smallest absolute Gasteiger partial charge is 0.303 e. The Kier molecular flexibility index (Phi) is 10.4. The fraction of sp³-hybridized carbons (Fsp3) is 0.444. The molecule has 0 bridgehead atoms. The van der Waals surface area contributed by atoms with Crippen LogP contribution in [0.25, 0.3) is 11.1 Å². The average Bonchev–Trinajstić information content (AvgIpc) is 3.55. The predicted molar refractivity (Wildman–Crippen MR) is 169 cm³/mol. The first-order valence-electron chi connectivity index (χ1n) is 16.1. The van der Waals surface area contributed by atoms with Crippen molar-refractivity contribution in [2.45, 2.75) is 69.5 Å². The van der Waals surface area contributed by atoms with E-state index in [1.165, 1.54) is 0 Å². The van der Waals surface area contributed by atoms with Gasteiger partial charge in [-0.05, 0) is 39.9 Å². The SMILES string of the molecule is O=C(O)CCC(=O)NCc1cccc(-c2cccc([C@H]3O[C@@H](CN4CCC5(CC4)OCCO5)C[C@@H](c4ccc(CO)cc4)O3)c2)c1. The van der Waals surface area contributed by atoms with Crippen molar-refractivity contribution in [3.8, 4) is 11.1 Å². The van der Waals surface area contributed by atoms with Crippen molar-refractivity contribution in [3.05, 3.63) is 95.1 Å². The number of hydrogen-bond acceptors (Lipinski definition) is 8. The van der Waals surface area contributed by atoms with Crippen LogP contribution in [-0.2, 0) is 41.7 Å². The molecule has 3 fully saturated rings. The molecule has 1 spiro atoms. The third-order valence-corrected chi connectivity index (χ3v) is 8.98. The number of nitrogens with zero attached hydrogens (tertiary/aromatic N) is 1.